The van der Waals surface area contributed by atoms with Crippen LogP contribution >= 0.6 is 0 Å². The van der Waals surface area contributed by atoms with Crippen molar-refractivity contribution in [1.29, 1.82) is 0 Å². The summed E-state index contributed by atoms with van der Waals surface area (Å²) >= 11 is 0. The molecule has 10 rings (SSSR count). The molecule has 2 amide bonds. The van der Waals surface area contributed by atoms with Crippen LogP contribution in [0, 0.1) is 6.92 Å². The van der Waals surface area contributed by atoms with Crippen molar-refractivity contribution in [2.24, 2.45) is 7.05 Å². The summed E-state index contributed by atoms with van der Waals surface area (Å²) in [6.45, 7) is 11.4. The van der Waals surface area contributed by atoms with E-state index in [1.54, 1.807) is 29.3 Å². The summed E-state index contributed by atoms with van der Waals surface area (Å²) in [5.74, 6) is 2.28. The number of pyridine rings is 1. The lowest BCUT2D eigenvalue weighted by Gasteiger charge is -2.19. The van der Waals surface area contributed by atoms with Gasteiger partial charge in [-0.05, 0) is 84.7 Å². The Balaban J connectivity index is 0.995. The van der Waals surface area contributed by atoms with Crippen LogP contribution in [0.3, 0.4) is 0 Å². The van der Waals surface area contributed by atoms with Crippen molar-refractivity contribution >= 4 is 51.1 Å². The lowest BCUT2D eigenvalue weighted by Crippen LogP contribution is -2.26. The normalized spacial score (nSPS) is 14.6. The summed E-state index contributed by atoms with van der Waals surface area (Å²) in [7, 11) is 3.52. The molecule has 1 atom stereocenters. The van der Waals surface area contributed by atoms with Gasteiger partial charge < -0.3 is 44.6 Å². The fourth-order valence-corrected chi connectivity index (χ4v) is 9.38. The van der Waals surface area contributed by atoms with E-state index in [0.717, 1.165) is 44.9 Å². The number of ether oxygens (including phenoxy) is 3. The molecule has 1 saturated heterocycles. The van der Waals surface area contributed by atoms with Crippen LogP contribution in [0.2, 0.25) is 0 Å². The van der Waals surface area contributed by atoms with E-state index in [4.69, 9.17) is 35.6 Å². The summed E-state index contributed by atoms with van der Waals surface area (Å²) in [6.07, 6.45) is 11.6. The smallest absolute Gasteiger partial charge is 0.322 e. The lowest BCUT2D eigenvalue weighted by molar-refractivity contribution is -0.125. The SMILES string of the molecule is C=CC(=O)N1CC=C(c2c(-c3ccc(Oc4nccc(Cn5c(C6CCN(C(=O)C=C)C6)c(-c6ccc(Oc7ccc(C)nc7)c(OC)c6)c6c(N)ncnc65)n4)cc3)c3c(N)ncnc3n2C)C1. The van der Waals surface area contributed by atoms with Crippen LogP contribution in [0.15, 0.2) is 117 Å². The minimum absolute atomic E-state index is 0.128. The standard InChI is InChI=1S/C51H47N13O5/c1-6-39(65)62-20-17-32(24-62)45-41(43-47(52)56-27-58-49(43)61(45)4)30-9-13-35(14-10-30)69-51-54-19-16-34(60-51)26-64-46(33-18-21-63(25-33)40(66)7-2)42(44-48(53)57-28-59-50(44)64)31-11-15-37(38(22-31)67-5)68-36-12-8-29(3)55-23-36/h6-17,19,22-23,27-28,33H,1-2,18,20-21,24-26H2,3-5H3,(H2,52,56,58)(H2,53,57,59). The number of anilines is 2. The van der Waals surface area contributed by atoms with Gasteiger partial charge in [0.1, 0.15) is 47.1 Å². The number of fused-ring (bicyclic) bond motifs is 2. The third-order valence-electron chi connectivity index (χ3n) is 12.6. The summed E-state index contributed by atoms with van der Waals surface area (Å²) in [5.41, 5.74) is 22.1. The molecule has 2 aliphatic rings. The number of methoxy groups -OCH3 is 1. The highest BCUT2D eigenvalue weighted by molar-refractivity contribution is 6.07. The third kappa shape index (κ3) is 8.10. The van der Waals surface area contributed by atoms with Crippen LogP contribution in [0.1, 0.15) is 35.1 Å². The molecule has 0 aliphatic carbocycles. The molecular weight excluding hydrogens is 875 g/mol. The van der Waals surface area contributed by atoms with Gasteiger partial charge in [-0.2, -0.15) is 4.98 Å². The van der Waals surface area contributed by atoms with Gasteiger partial charge in [-0.15, -0.1) is 0 Å². The van der Waals surface area contributed by atoms with Gasteiger partial charge in [0.15, 0.2) is 11.5 Å². The van der Waals surface area contributed by atoms with Crippen LogP contribution in [0.5, 0.6) is 29.0 Å². The second-order valence-corrected chi connectivity index (χ2v) is 16.7. The zero-order valence-corrected chi connectivity index (χ0v) is 38.2. The molecule has 18 nitrogen and oxygen atoms in total. The van der Waals surface area contributed by atoms with Gasteiger partial charge in [-0.3, -0.25) is 14.6 Å². The van der Waals surface area contributed by atoms with Gasteiger partial charge in [-0.1, -0.05) is 37.4 Å². The predicted octanol–water partition coefficient (Wildman–Crippen LogP) is 7.26. The number of aryl methyl sites for hydroxylation is 2. The molecule has 0 spiro atoms. The number of benzene rings is 2. The number of amides is 2. The van der Waals surface area contributed by atoms with Crippen LogP contribution in [-0.4, -0.2) is 98.9 Å². The van der Waals surface area contributed by atoms with Gasteiger partial charge in [0, 0.05) is 67.9 Å². The molecular formula is C51H47N13O5. The van der Waals surface area contributed by atoms with Gasteiger partial charge in [0.25, 0.3) is 0 Å². The van der Waals surface area contributed by atoms with E-state index < -0.39 is 0 Å². The summed E-state index contributed by atoms with van der Waals surface area (Å²) in [4.78, 5) is 60.9. The number of nitrogens with zero attached hydrogens (tertiary/aromatic N) is 11. The highest BCUT2D eigenvalue weighted by Crippen LogP contribution is 2.46. The number of hydrogen-bond acceptors (Lipinski definition) is 14. The highest BCUT2D eigenvalue weighted by Gasteiger charge is 2.34. The van der Waals surface area contributed by atoms with Crippen molar-refractivity contribution < 1.29 is 23.8 Å². The van der Waals surface area contributed by atoms with Crippen molar-refractivity contribution in [1.82, 2.24) is 53.8 Å². The van der Waals surface area contributed by atoms with Crippen molar-refractivity contribution in [2.75, 3.05) is 44.8 Å². The fraction of sp³-hybridized carbons (Fsp3) is 0.196. The topological polar surface area (TPSA) is 220 Å². The second kappa shape index (κ2) is 18.0. The van der Waals surface area contributed by atoms with Crippen LogP contribution in [0.25, 0.3) is 49.9 Å². The number of hydrogen-bond donors (Lipinski definition) is 2. The zero-order valence-electron chi connectivity index (χ0n) is 38.2. The molecule has 2 aliphatic heterocycles. The maximum atomic E-state index is 13.0. The van der Waals surface area contributed by atoms with Gasteiger partial charge in [-0.25, -0.2) is 24.9 Å². The van der Waals surface area contributed by atoms with Crippen molar-refractivity contribution in [2.45, 2.75) is 25.8 Å². The Morgan fingerprint density at radius 2 is 1.51 bits per heavy atom. The van der Waals surface area contributed by atoms with Crippen LogP contribution < -0.4 is 25.7 Å². The van der Waals surface area contributed by atoms with E-state index in [-0.39, 0.29) is 30.3 Å². The zero-order chi connectivity index (χ0) is 47.9. The number of carbonyl (C=O) groups excluding carboxylic acids is 2. The Morgan fingerprint density at radius 3 is 2.23 bits per heavy atom. The molecule has 1 unspecified atom stereocenters. The third-order valence-corrected chi connectivity index (χ3v) is 12.6. The molecule has 0 radical (unpaired) electrons. The predicted molar refractivity (Wildman–Crippen MR) is 261 cm³/mol. The maximum Gasteiger partial charge on any atom is 0.322 e. The molecule has 6 aromatic heterocycles. The summed E-state index contributed by atoms with van der Waals surface area (Å²) in [6, 6.07) is 18.9. The summed E-state index contributed by atoms with van der Waals surface area (Å²) in [5, 5.41) is 1.36. The number of aromatic nitrogens is 9. The highest BCUT2D eigenvalue weighted by atomic mass is 16.5. The molecule has 69 heavy (non-hydrogen) atoms. The second-order valence-electron chi connectivity index (χ2n) is 16.7. The van der Waals surface area contributed by atoms with Crippen molar-refractivity contribution in [3.8, 4) is 51.3 Å². The van der Waals surface area contributed by atoms with Crippen LogP contribution in [0.4, 0.5) is 11.6 Å². The fourth-order valence-electron chi connectivity index (χ4n) is 9.38. The average molecular weight is 922 g/mol. The monoisotopic (exact) mass is 921 g/mol. The average Bonchev–Trinajstić information content (AvgIpc) is 4.18. The van der Waals surface area contributed by atoms with Gasteiger partial charge >= 0.3 is 6.01 Å². The summed E-state index contributed by atoms with van der Waals surface area (Å²) < 4.78 is 22.5. The first-order valence-corrected chi connectivity index (χ1v) is 22.2. The Bertz CT molecular complexity index is 3380. The van der Waals surface area contributed by atoms with Gasteiger partial charge in [0.05, 0.1) is 42.0 Å². The number of nitrogen functional groups attached to an aromatic ring is 2. The number of nitrogens with two attached hydrogens (primary N) is 2. The molecule has 2 aromatic carbocycles. The van der Waals surface area contributed by atoms with E-state index in [0.29, 0.717) is 95.0 Å². The van der Waals surface area contributed by atoms with E-state index in [2.05, 4.69) is 42.6 Å². The Labute approximate surface area is 396 Å². The molecule has 8 aromatic rings. The quantitative estimate of drug-likeness (QED) is 0.109. The largest absolute Gasteiger partial charge is 0.493 e. The minimum atomic E-state index is -0.146. The van der Waals surface area contributed by atoms with Crippen LogP contribution in [-0.2, 0) is 23.2 Å². The van der Waals surface area contributed by atoms with E-state index in [1.807, 2.05) is 85.3 Å². The molecule has 1 fully saturated rings. The number of likely N-dealkylation sites (tertiary alicyclic amines) is 1. The number of rotatable bonds is 13. The Hall–Kier alpha value is -8.93. The van der Waals surface area contributed by atoms with E-state index >= 15 is 0 Å². The minimum Gasteiger partial charge on any atom is -0.493 e. The van der Waals surface area contributed by atoms with Gasteiger partial charge in [0.2, 0.25) is 11.8 Å². The molecule has 0 saturated carbocycles. The molecule has 0 bridgehead atoms. The molecule has 346 valence electrons. The Kier molecular flexibility index (Phi) is 11.5. The first-order valence-electron chi connectivity index (χ1n) is 22.2. The molecule has 4 N–H and O–H groups in total. The van der Waals surface area contributed by atoms with Crippen molar-refractivity contribution in [3.63, 3.8) is 0 Å². The number of carbonyl (C=O) groups is 2. The van der Waals surface area contributed by atoms with E-state index in [1.165, 1.54) is 24.8 Å². The van der Waals surface area contributed by atoms with E-state index in [9.17, 15) is 9.59 Å². The first kappa shape index (κ1) is 43.9. The Morgan fingerprint density at radius 1 is 0.797 bits per heavy atom. The molecule has 18 heteroatoms. The van der Waals surface area contributed by atoms with Crippen molar-refractivity contribution in [3.05, 3.63) is 140 Å². The molecule has 8 heterocycles. The first-order chi connectivity index (χ1) is 33.5. The maximum absolute atomic E-state index is 13.0. The lowest BCUT2D eigenvalue weighted by atomic mass is 9.94.